The summed E-state index contributed by atoms with van der Waals surface area (Å²) in [5.41, 5.74) is 3.97. The van der Waals surface area contributed by atoms with Gasteiger partial charge in [-0.2, -0.15) is 0 Å². The Kier molecular flexibility index (Phi) is 5.31. The van der Waals surface area contributed by atoms with Gasteiger partial charge in [-0.05, 0) is 54.4 Å². The Bertz CT molecular complexity index is 1140. The second-order valence-electron chi connectivity index (χ2n) is 10.5. The summed E-state index contributed by atoms with van der Waals surface area (Å²) in [5, 5.41) is 12.7. The number of alkyl carbamates (subject to hydrolysis) is 1. The molecule has 2 aromatic rings. The largest absolute Gasteiger partial charge is 0.481 e. The molecule has 7 heteroatoms. The monoisotopic (exact) mass is 474 g/mol. The highest BCUT2D eigenvalue weighted by molar-refractivity contribution is 5.84. The van der Waals surface area contributed by atoms with Crippen LogP contribution in [0.2, 0.25) is 0 Å². The van der Waals surface area contributed by atoms with Crippen LogP contribution in [0.25, 0.3) is 11.1 Å². The first kappa shape index (κ1) is 22.1. The molecule has 2 atom stereocenters. The van der Waals surface area contributed by atoms with Crippen molar-refractivity contribution in [3.05, 3.63) is 59.7 Å². The number of benzene rings is 2. The Morgan fingerprint density at radius 2 is 1.66 bits per heavy atom. The van der Waals surface area contributed by atoms with Gasteiger partial charge in [-0.15, -0.1) is 0 Å². The van der Waals surface area contributed by atoms with Gasteiger partial charge in [-0.3, -0.25) is 9.59 Å². The minimum absolute atomic E-state index is 0.0138. The van der Waals surface area contributed by atoms with E-state index in [2.05, 4.69) is 29.6 Å². The molecule has 7 nitrogen and oxygen atoms in total. The number of fused-ring (bicyclic) bond motifs is 4. The van der Waals surface area contributed by atoms with Crippen LogP contribution < -0.4 is 5.32 Å². The van der Waals surface area contributed by atoms with Crippen molar-refractivity contribution >= 4 is 18.0 Å². The first-order chi connectivity index (χ1) is 17.0. The second-order valence-corrected chi connectivity index (χ2v) is 10.5. The molecule has 2 aromatic carbocycles. The van der Waals surface area contributed by atoms with Crippen LogP contribution in [0.4, 0.5) is 4.79 Å². The van der Waals surface area contributed by atoms with Crippen LogP contribution in [0.15, 0.2) is 48.5 Å². The van der Waals surface area contributed by atoms with Crippen molar-refractivity contribution in [3.63, 3.8) is 0 Å². The van der Waals surface area contributed by atoms with Crippen molar-refractivity contribution in [3.8, 4) is 11.1 Å². The summed E-state index contributed by atoms with van der Waals surface area (Å²) in [6.07, 6.45) is 3.53. The highest BCUT2D eigenvalue weighted by Gasteiger charge is 2.57. The topological polar surface area (TPSA) is 95.9 Å². The lowest BCUT2D eigenvalue weighted by atomic mass is 9.78. The minimum Gasteiger partial charge on any atom is -0.481 e. The van der Waals surface area contributed by atoms with Crippen LogP contribution in [0.5, 0.6) is 0 Å². The molecule has 2 saturated carbocycles. The normalized spacial score (nSPS) is 28.6. The number of nitrogens with one attached hydrogen (secondary N) is 1. The number of hydrogen-bond acceptors (Lipinski definition) is 4. The van der Waals surface area contributed by atoms with Crippen LogP contribution in [-0.2, 0) is 14.3 Å². The third-order valence-electron chi connectivity index (χ3n) is 8.78. The van der Waals surface area contributed by atoms with E-state index in [-0.39, 0.29) is 36.4 Å². The van der Waals surface area contributed by atoms with Gasteiger partial charge in [0.2, 0.25) is 5.91 Å². The lowest BCUT2D eigenvalue weighted by Crippen LogP contribution is -2.52. The van der Waals surface area contributed by atoms with Crippen molar-refractivity contribution in [2.45, 2.75) is 56.5 Å². The van der Waals surface area contributed by atoms with Crippen molar-refractivity contribution in [1.82, 2.24) is 10.2 Å². The molecule has 2 unspecified atom stereocenters. The van der Waals surface area contributed by atoms with E-state index in [0.29, 0.717) is 32.2 Å². The van der Waals surface area contributed by atoms with E-state index in [9.17, 15) is 19.5 Å². The maximum absolute atomic E-state index is 13.1. The minimum atomic E-state index is -0.765. The Morgan fingerprint density at radius 3 is 2.31 bits per heavy atom. The van der Waals surface area contributed by atoms with Crippen LogP contribution in [-0.4, -0.2) is 53.2 Å². The number of carbonyl (C=O) groups excluding carboxylic acids is 2. The molecular weight excluding hydrogens is 444 g/mol. The summed E-state index contributed by atoms with van der Waals surface area (Å²) in [6, 6.07) is 16.2. The van der Waals surface area contributed by atoms with E-state index in [4.69, 9.17) is 4.74 Å². The zero-order valence-electron chi connectivity index (χ0n) is 19.6. The summed E-state index contributed by atoms with van der Waals surface area (Å²) in [7, 11) is 0. The van der Waals surface area contributed by atoms with Gasteiger partial charge >= 0.3 is 12.1 Å². The van der Waals surface area contributed by atoms with E-state index < -0.39 is 17.5 Å². The van der Waals surface area contributed by atoms with Crippen LogP contribution in [0.3, 0.4) is 0 Å². The number of hydrogen-bond donors (Lipinski definition) is 2. The highest BCUT2D eigenvalue weighted by atomic mass is 16.5. The first-order valence-corrected chi connectivity index (χ1v) is 12.6. The summed E-state index contributed by atoms with van der Waals surface area (Å²) in [5.74, 6) is -0.858. The van der Waals surface area contributed by atoms with Crippen LogP contribution in [0.1, 0.15) is 55.6 Å². The van der Waals surface area contributed by atoms with Gasteiger partial charge in [0.1, 0.15) is 6.61 Å². The van der Waals surface area contributed by atoms with Crippen molar-refractivity contribution in [1.29, 1.82) is 0 Å². The third kappa shape index (κ3) is 3.51. The van der Waals surface area contributed by atoms with E-state index in [0.717, 1.165) is 12.8 Å². The second kappa shape index (κ2) is 8.40. The molecule has 4 aliphatic rings. The summed E-state index contributed by atoms with van der Waals surface area (Å²) < 4.78 is 5.63. The van der Waals surface area contributed by atoms with Crippen molar-refractivity contribution < 1.29 is 24.2 Å². The third-order valence-corrected chi connectivity index (χ3v) is 8.78. The Balaban J connectivity index is 1.02. The predicted octanol–water partition coefficient (Wildman–Crippen LogP) is 4.16. The van der Waals surface area contributed by atoms with Crippen LogP contribution in [0, 0.1) is 11.3 Å². The molecular formula is C28H30N2O5. The molecule has 1 aliphatic heterocycles. The van der Waals surface area contributed by atoms with Gasteiger partial charge in [0.25, 0.3) is 0 Å². The fourth-order valence-corrected chi connectivity index (χ4v) is 6.87. The number of aliphatic carboxylic acids is 1. The van der Waals surface area contributed by atoms with E-state index in [1.165, 1.54) is 22.3 Å². The molecule has 0 bridgehead atoms. The smallest absolute Gasteiger partial charge is 0.407 e. The van der Waals surface area contributed by atoms with Gasteiger partial charge in [0.05, 0.1) is 5.41 Å². The Labute approximate surface area is 204 Å². The molecule has 0 radical (unpaired) electrons. The fraction of sp³-hybridized carbons (Fsp3) is 0.464. The standard InChI is InChI=1S/C28H30N2O5/c31-25(30-13-12-28(26(32)33)11-5-10-24(28)30)17-14-18(15-17)29-27(34)35-16-23-21-8-3-1-6-19(21)20-7-2-4-9-22(20)23/h1-4,6-9,17-18,23-24H,5,10-16H2,(H,29,34)(H,32,33). The Hall–Kier alpha value is -3.35. The van der Waals surface area contributed by atoms with Crippen molar-refractivity contribution in [2.75, 3.05) is 13.2 Å². The van der Waals surface area contributed by atoms with Gasteiger partial charge in [-0.25, -0.2) is 4.79 Å². The van der Waals surface area contributed by atoms with E-state index in [1.807, 2.05) is 29.2 Å². The highest BCUT2D eigenvalue weighted by Crippen LogP contribution is 2.50. The fourth-order valence-electron chi connectivity index (χ4n) is 6.87. The average Bonchev–Trinajstić information content (AvgIpc) is 3.50. The molecule has 1 saturated heterocycles. The van der Waals surface area contributed by atoms with Gasteiger partial charge < -0.3 is 20.1 Å². The van der Waals surface area contributed by atoms with E-state index in [1.54, 1.807) is 0 Å². The maximum atomic E-state index is 13.1. The molecule has 3 aliphatic carbocycles. The summed E-state index contributed by atoms with van der Waals surface area (Å²) in [6.45, 7) is 0.790. The zero-order chi connectivity index (χ0) is 24.2. The first-order valence-electron chi connectivity index (χ1n) is 12.6. The lowest BCUT2D eigenvalue weighted by Gasteiger charge is -2.38. The molecule has 3 fully saturated rings. The molecule has 2 N–H and O–H groups in total. The zero-order valence-corrected chi connectivity index (χ0v) is 19.6. The maximum Gasteiger partial charge on any atom is 0.407 e. The molecule has 182 valence electrons. The average molecular weight is 475 g/mol. The molecule has 35 heavy (non-hydrogen) atoms. The summed E-state index contributed by atoms with van der Waals surface area (Å²) >= 11 is 0. The molecule has 0 spiro atoms. The van der Waals surface area contributed by atoms with Crippen LogP contribution >= 0.6 is 0 Å². The van der Waals surface area contributed by atoms with E-state index >= 15 is 0 Å². The number of nitrogens with zero attached hydrogens (tertiary/aromatic N) is 1. The van der Waals surface area contributed by atoms with Gasteiger partial charge in [0.15, 0.2) is 0 Å². The molecule has 0 aromatic heterocycles. The number of amides is 2. The number of carboxylic acids is 1. The molecule has 2 amide bonds. The molecule has 1 heterocycles. The number of ether oxygens (including phenoxy) is 1. The quantitative estimate of drug-likeness (QED) is 0.679. The predicted molar refractivity (Wildman–Crippen MR) is 129 cm³/mol. The van der Waals surface area contributed by atoms with Gasteiger partial charge in [0, 0.05) is 30.5 Å². The molecule has 6 rings (SSSR count). The Morgan fingerprint density at radius 1 is 1.00 bits per heavy atom. The number of rotatable bonds is 5. The summed E-state index contributed by atoms with van der Waals surface area (Å²) in [4.78, 5) is 39.3. The van der Waals surface area contributed by atoms with Crippen molar-refractivity contribution in [2.24, 2.45) is 11.3 Å². The van der Waals surface area contributed by atoms with Gasteiger partial charge in [-0.1, -0.05) is 55.0 Å². The SMILES string of the molecule is O=C(NC1CC(C(=O)N2CCC3(C(=O)O)CCCC23)C1)OCC1c2ccccc2-c2ccccc21. The number of carboxylic acid groups (broad SMARTS) is 1. The number of carbonyl (C=O) groups is 3. The number of likely N-dealkylation sites (tertiary alicyclic amines) is 1. The lowest BCUT2D eigenvalue weighted by molar-refractivity contribution is -0.151.